The number of carbonyl (C=O) groups is 1. The number of nitrogens with zero attached hydrogens (tertiary/aromatic N) is 1. The zero-order chi connectivity index (χ0) is 12.5. The van der Waals surface area contributed by atoms with Gasteiger partial charge in [0.2, 0.25) is 5.91 Å². The normalized spacial score (nSPS) is 22.0. The Morgan fingerprint density at radius 3 is 2.95 bits per heavy atom. The molecule has 1 unspecified atom stereocenters. The number of benzene rings is 1. The first-order valence-corrected chi connectivity index (χ1v) is 6.57. The van der Waals surface area contributed by atoms with E-state index in [1.54, 1.807) is 6.07 Å². The van der Waals surface area contributed by atoms with E-state index >= 15 is 0 Å². The third-order valence-electron chi connectivity index (χ3n) is 3.88. The van der Waals surface area contributed by atoms with Crippen LogP contribution in [0.1, 0.15) is 30.0 Å². The number of fused-ring (bicyclic) bond motifs is 1. The van der Waals surface area contributed by atoms with Crippen molar-refractivity contribution in [3.05, 3.63) is 29.3 Å². The summed E-state index contributed by atoms with van der Waals surface area (Å²) in [7, 11) is 0. The zero-order valence-electron chi connectivity index (χ0n) is 10.8. The lowest BCUT2D eigenvalue weighted by atomic mass is 9.93. The number of phenols is 1. The van der Waals surface area contributed by atoms with Crippen molar-refractivity contribution in [2.24, 2.45) is 0 Å². The first kappa shape index (κ1) is 14.2. The first-order valence-electron chi connectivity index (χ1n) is 6.57. The highest BCUT2D eigenvalue weighted by molar-refractivity contribution is 5.85. The molecule has 0 spiro atoms. The van der Waals surface area contributed by atoms with E-state index in [1.807, 2.05) is 11.0 Å². The summed E-state index contributed by atoms with van der Waals surface area (Å²) in [5.41, 5.74) is 2.17. The van der Waals surface area contributed by atoms with Crippen LogP contribution < -0.4 is 5.32 Å². The highest BCUT2D eigenvalue weighted by Gasteiger charge is 2.28. The van der Waals surface area contributed by atoms with Crippen molar-refractivity contribution in [3.63, 3.8) is 0 Å². The maximum absolute atomic E-state index is 11.7. The highest BCUT2D eigenvalue weighted by Crippen LogP contribution is 2.32. The summed E-state index contributed by atoms with van der Waals surface area (Å²) in [6, 6.07) is 5.74. The van der Waals surface area contributed by atoms with Gasteiger partial charge in [0.05, 0.1) is 6.04 Å². The van der Waals surface area contributed by atoms with Gasteiger partial charge in [0, 0.05) is 25.1 Å². The van der Waals surface area contributed by atoms with Crippen LogP contribution in [0.3, 0.4) is 0 Å². The number of nitrogens with one attached hydrogen (secondary N) is 1. The third-order valence-corrected chi connectivity index (χ3v) is 3.88. The van der Waals surface area contributed by atoms with Gasteiger partial charge in [0.15, 0.2) is 0 Å². The quantitative estimate of drug-likeness (QED) is 0.867. The van der Waals surface area contributed by atoms with E-state index < -0.39 is 0 Å². The van der Waals surface area contributed by atoms with E-state index in [0.717, 1.165) is 31.5 Å². The van der Waals surface area contributed by atoms with Crippen molar-refractivity contribution in [1.29, 1.82) is 0 Å². The maximum Gasteiger partial charge on any atom is 0.222 e. The SMILES string of the molecule is Cl.O=C1CCCN1CC1NCCc2cccc(O)c21. The number of hydrogen-bond acceptors (Lipinski definition) is 3. The fourth-order valence-corrected chi connectivity index (χ4v) is 2.98. The molecular weight excluding hydrogens is 264 g/mol. The van der Waals surface area contributed by atoms with Gasteiger partial charge in [0.1, 0.15) is 5.75 Å². The molecular formula is C14H19ClN2O2. The average molecular weight is 283 g/mol. The van der Waals surface area contributed by atoms with E-state index in [2.05, 4.69) is 11.4 Å². The molecule has 1 amide bonds. The monoisotopic (exact) mass is 282 g/mol. The van der Waals surface area contributed by atoms with Gasteiger partial charge >= 0.3 is 0 Å². The molecule has 0 aliphatic carbocycles. The predicted molar refractivity (Wildman–Crippen MR) is 75.6 cm³/mol. The van der Waals surface area contributed by atoms with Crippen molar-refractivity contribution in [2.45, 2.75) is 25.3 Å². The Kier molecular flexibility index (Phi) is 4.32. The molecule has 2 aliphatic heterocycles. The summed E-state index contributed by atoms with van der Waals surface area (Å²) in [6.07, 6.45) is 2.56. The fraction of sp³-hybridized carbons (Fsp3) is 0.500. The number of likely N-dealkylation sites (tertiary alicyclic amines) is 1. The third kappa shape index (κ3) is 2.69. The maximum atomic E-state index is 11.7. The van der Waals surface area contributed by atoms with Gasteiger partial charge in [0.25, 0.3) is 0 Å². The molecule has 1 aromatic carbocycles. The zero-order valence-corrected chi connectivity index (χ0v) is 11.6. The Labute approximate surface area is 119 Å². The second-order valence-corrected chi connectivity index (χ2v) is 5.05. The van der Waals surface area contributed by atoms with Crippen LogP contribution in [0.15, 0.2) is 18.2 Å². The molecule has 0 aromatic heterocycles. The summed E-state index contributed by atoms with van der Waals surface area (Å²) in [4.78, 5) is 13.6. The van der Waals surface area contributed by atoms with Crippen LogP contribution in [-0.4, -0.2) is 35.5 Å². The number of halogens is 1. The molecule has 1 fully saturated rings. The van der Waals surface area contributed by atoms with Crippen molar-refractivity contribution in [2.75, 3.05) is 19.6 Å². The van der Waals surface area contributed by atoms with Crippen molar-refractivity contribution < 1.29 is 9.90 Å². The molecule has 0 radical (unpaired) electrons. The number of amides is 1. The Bertz CT molecular complexity index is 479. The summed E-state index contributed by atoms with van der Waals surface area (Å²) >= 11 is 0. The Hall–Kier alpha value is -1.26. The number of rotatable bonds is 2. The minimum Gasteiger partial charge on any atom is -0.508 e. The van der Waals surface area contributed by atoms with Crippen molar-refractivity contribution in [1.82, 2.24) is 10.2 Å². The van der Waals surface area contributed by atoms with Gasteiger partial charge < -0.3 is 15.3 Å². The van der Waals surface area contributed by atoms with Crippen LogP contribution in [-0.2, 0) is 11.2 Å². The van der Waals surface area contributed by atoms with Gasteiger partial charge in [-0.15, -0.1) is 12.4 Å². The molecule has 4 nitrogen and oxygen atoms in total. The second-order valence-electron chi connectivity index (χ2n) is 5.05. The van der Waals surface area contributed by atoms with Crippen molar-refractivity contribution in [3.8, 4) is 5.75 Å². The van der Waals surface area contributed by atoms with Crippen molar-refractivity contribution >= 4 is 18.3 Å². The molecule has 5 heteroatoms. The lowest BCUT2D eigenvalue weighted by Gasteiger charge is -2.30. The Balaban J connectivity index is 0.00000133. The van der Waals surface area contributed by atoms with E-state index in [1.165, 1.54) is 5.56 Å². The first-order chi connectivity index (χ1) is 8.75. The van der Waals surface area contributed by atoms with Crippen LogP contribution in [0, 0.1) is 0 Å². The smallest absolute Gasteiger partial charge is 0.222 e. The van der Waals surface area contributed by atoms with Gasteiger partial charge in [-0.2, -0.15) is 0 Å². The minimum atomic E-state index is 0. The Morgan fingerprint density at radius 1 is 1.37 bits per heavy atom. The lowest BCUT2D eigenvalue weighted by molar-refractivity contribution is -0.128. The van der Waals surface area contributed by atoms with E-state index in [-0.39, 0.29) is 24.4 Å². The summed E-state index contributed by atoms with van der Waals surface area (Å²) in [6.45, 7) is 2.42. The van der Waals surface area contributed by atoms with Crippen LogP contribution in [0.4, 0.5) is 0 Å². The number of phenolic OH excluding ortho intramolecular Hbond substituents is 1. The van der Waals surface area contributed by atoms with Gasteiger partial charge in [-0.1, -0.05) is 12.1 Å². The Morgan fingerprint density at radius 2 is 2.21 bits per heavy atom. The molecule has 1 saturated heterocycles. The summed E-state index contributed by atoms with van der Waals surface area (Å²) < 4.78 is 0. The molecule has 2 N–H and O–H groups in total. The molecule has 2 heterocycles. The lowest BCUT2D eigenvalue weighted by Crippen LogP contribution is -2.39. The van der Waals surface area contributed by atoms with Gasteiger partial charge in [-0.05, 0) is 31.0 Å². The number of aromatic hydroxyl groups is 1. The molecule has 0 bridgehead atoms. The van der Waals surface area contributed by atoms with Crippen LogP contribution in [0.25, 0.3) is 0 Å². The standard InChI is InChI=1S/C14H18N2O2.ClH/c17-12-4-1-3-10-6-7-15-11(14(10)12)9-16-8-2-5-13(16)18;/h1,3-4,11,15,17H,2,5-9H2;1H. The molecule has 1 aromatic rings. The van der Waals surface area contributed by atoms with Crippen LogP contribution >= 0.6 is 12.4 Å². The average Bonchev–Trinajstić information content (AvgIpc) is 2.76. The fourth-order valence-electron chi connectivity index (χ4n) is 2.98. The molecule has 104 valence electrons. The molecule has 1 atom stereocenters. The number of hydrogen-bond donors (Lipinski definition) is 2. The molecule has 19 heavy (non-hydrogen) atoms. The molecule has 0 saturated carbocycles. The molecule has 2 aliphatic rings. The molecule has 3 rings (SSSR count). The van der Waals surface area contributed by atoms with E-state index in [0.29, 0.717) is 18.7 Å². The van der Waals surface area contributed by atoms with Crippen LogP contribution in [0.5, 0.6) is 5.75 Å². The summed E-state index contributed by atoms with van der Waals surface area (Å²) in [5, 5.41) is 13.4. The minimum absolute atomic E-state index is 0. The largest absolute Gasteiger partial charge is 0.508 e. The summed E-state index contributed by atoms with van der Waals surface area (Å²) in [5.74, 6) is 0.579. The topological polar surface area (TPSA) is 52.6 Å². The van der Waals surface area contributed by atoms with Gasteiger partial charge in [-0.3, -0.25) is 4.79 Å². The highest BCUT2D eigenvalue weighted by atomic mass is 35.5. The predicted octanol–water partition coefficient (Wildman–Crippen LogP) is 1.62. The van der Waals surface area contributed by atoms with E-state index in [9.17, 15) is 9.90 Å². The van der Waals surface area contributed by atoms with E-state index in [4.69, 9.17) is 0 Å². The number of carbonyl (C=O) groups excluding carboxylic acids is 1. The second kappa shape index (κ2) is 5.80. The van der Waals surface area contributed by atoms with Gasteiger partial charge in [-0.25, -0.2) is 0 Å². The van der Waals surface area contributed by atoms with Crippen LogP contribution in [0.2, 0.25) is 0 Å².